The van der Waals surface area contributed by atoms with E-state index in [9.17, 15) is 14.1 Å². The fourth-order valence-corrected chi connectivity index (χ4v) is 1.23. The Morgan fingerprint density at radius 2 is 2.30 bits per heavy atom. The van der Waals surface area contributed by atoms with E-state index in [4.69, 9.17) is 0 Å². The number of aliphatic carboxylic acids is 1. The predicted molar refractivity (Wildman–Crippen MR) is 35.2 cm³/mol. The Hall–Kier alpha value is -0.420. The van der Waals surface area contributed by atoms with Crippen molar-refractivity contribution in [1.82, 2.24) is 0 Å². The molecule has 5 heteroatoms. The number of rotatable bonds is 4. The van der Waals surface area contributed by atoms with Crippen LogP contribution in [0.15, 0.2) is 0 Å². The van der Waals surface area contributed by atoms with Crippen LogP contribution in [-0.4, -0.2) is 27.7 Å². The molecule has 0 aromatic heterocycles. The van der Waals surface area contributed by atoms with Crippen molar-refractivity contribution in [2.24, 2.45) is 0 Å². The van der Waals surface area contributed by atoms with Crippen LogP contribution in [0, 0.1) is 0 Å². The standard InChI is InChI=1S/C5H11NO3S/c1-2-10(9)3-4(6)5(7)8/h4H,2-3,6H2,1H3,(H,7,8). The summed E-state index contributed by atoms with van der Waals surface area (Å²) in [5.74, 6) is -0.667. The molecule has 0 aliphatic heterocycles. The number of carboxylic acid groups (broad SMARTS) is 1. The van der Waals surface area contributed by atoms with Gasteiger partial charge in [0, 0.05) is 16.6 Å². The summed E-state index contributed by atoms with van der Waals surface area (Å²) < 4.78 is 10.7. The van der Waals surface area contributed by atoms with Gasteiger partial charge in [0.05, 0.1) is 5.75 Å². The highest BCUT2D eigenvalue weighted by atomic mass is 32.2. The highest BCUT2D eigenvalue weighted by molar-refractivity contribution is 7.85. The zero-order chi connectivity index (χ0) is 8.15. The summed E-state index contributed by atoms with van der Waals surface area (Å²) in [4.78, 5) is 10.0. The zero-order valence-electron chi connectivity index (χ0n) is 5.83. The molecule has 2 atom stereocenters. The summed E-state index contributed by atoms with van der Waals surface area (Å²) >= 11 is 0. The van der Waals surface area contributed by atoms with E-state index in [1.54, 1.807) is 6.92 Å². The van der Waals surface area contributed by atoms with Crippen LogP contribution in [0.3, 0.4) is 0 Å². The highest BCUT2D eigenvalue weighted by Crippen LogP contribution is 1.83. The Balaban J connectivity index is 3.68. The van der Waals surface area contributed by atoms with Gasteiger partial charge in [0.25, 0.3) is 0 Å². The molecular weight excluding hydrogens is 154 g/mol. The smallest absolute Gasteiger partial charge is 0.136 e. The predicted octanol–water partition coefficient (Wildman–Crippen LogP) is -2.88. The zero-order valence-corrected chi connectivity index (χ0v) is 6.65. The second-order valence-electron chi connectivity index (χ2n) is 1.91. The third kappa shape index (κ3) is 3.58. The van der Waals surface area contributed by atoms with Crippen LogP contribution in [0.4, 0.5) is 0 Å². The first-order chi connectivity index (χ1) is 4.57. The molecule has 0 spiro atoms. The lowest BCUT2D eigenvalue weighted by atomic mass is 10.4. The number of carbonyl (C=O) groups is 1. The maximum Gasteiger partial charge on any atom is 0.136 e. The summed E-state index contributed by atoms with van der Waals surface area (Å²) in [7, 11) is -1.06. The molecule has 10 heavy (non-hydrogen) atoms. The summed E-state index contributed by atoms with van der Waals surface area (Å²) in [6.45, 7) is 1.73. The van der Waals surface area contributed by atoms with Gasteiger partial charge in [0.15, 0.2) is 0 Å². The van der Waals surface area contributed by atoms with Gasteiger partial charge in [-0.3, -0.25) is 4.21 Å². The van der Waals surface area contributed by atoms with Gasteiger partial charge in [-0.25, -0.2) is 0 Å². The largest absolute Gasteiger partial charge is 0.544 e. The summed E-state index contributed by atoms with van der Waals surface area (Å²) in [6.07, 6.45) is 0. The number of carbonyl (C=O) groups excluding carboxylic acids is 1. The summed E-state index contributed by atoms with van der Waals surface area (Å²) in [5.41, 5.74) is 3.27. The van der Waals surface area contributed by atoms with Crippen molar-refractivity contribution in [3.8, 4) is 0 Å². The lowest BCUT2D eigenvalue weighted by Crippen LogP contribution is -2.70. The van der Waals surface area contributed by atoms with Gasteiger partial charge in [0.2, 0.25) is 0 Å². The molecule has 0 saturated carbocycles. The van der Waals surface area contributed by atoms with Crippen LogP contribution in [-0.2, 0) is 15.6 Å². The minimum Gasteiger partial charge on any atom is -0.544 e. The van der Waals surface area contributed by atoms with Crippen LogP contribution >= 0.6 is 0 Å². The first-order valence-electron chi connectivity index (χ1n) is 2.96. The van der Waals surface area contributed by atoms with E-state index in [1.165, 1.54) is 0 Å². The van der Waals surface area contributed by atoms with Crippen molar-refractivity contribution in [2.45, 2.75) is 13.0 Å². The minimum atomic E-state index is -1.23. The van der Waals surface area contributed by atoms with Gasteiger partial charge in [-0.1, -0.05) is 6.92 Å². The van der Waals surface area contributed by atoms with Gasteiger partial charge in [-0.05, 0) is 0 Å². The minimum absolute atomic E-state index is 0.0961. The Morgan fingerprint density at radius 1 is 1.80 bits per heavy atom. The Bertz CT molecular complexity index is 148. The Morgan fingerprint density at radius 3 is 2.60 bits per heavy atom. The van der Waals surface area contributed by atoms with E-state index in [-0.39, 0.29) is 5.75 Å². The maximum atomic E-state index is 10.7. The first-order valence-corrected chi connectivity index (χ1v) is 4.45. The molecule has 0 rings (SSSR count). The van der Waals surface area contributed by atoms with Crippen LogP contribution in [0.1, 0.15) is 6.92 Å². The molecule has 0 bridgehead atoms. The molecule has 4 nitrogen and oxygen atoms in total. The molecule has 3 N–H and O–H groups in total. The monoisotopic (exact) mass is 165 g/mol. The molecule has 0 aromatic rings. The topological polar surface area (TPSA) is 84.8 Å². The van der Waals surface area contributed by atoms with Gasteiger partial charge in [0.1, 0.15) is 12.0 Å². The van der Waals surface area contributed by atoms with Crippen LogP contribution < -0.4 is 10.8 Å². The van der Waals surface area contributed by atoms with Crippen molar-refractivity contribution in [3.05, 3.63) is 0 Å². The van der Waals surface area contributed by atoms with E-state index in [2.05, 4.69) is 5.73 Å². The van der Waals surface area contributed by atoms with Crippen molar-refractivity contribution in [1.29, 1.82) is 0 Å². The molecule has 0 aliphatic rings. The van der Waals surface area contributed by atoms with Gasteiger partial charge >= 0.3 is 0 Å². The molecule has 0 amide bonds. The molecule has 0 radical (unpaired) electrons. The number of hydrogen-bond donors (Lipinski definition) is 1. The number of quaternary nitrogens is 1. The Kier molecular flexibility index (Phi) is 4.22. The second-order valence-corrected chi connectivity index (χ2v) is 3.70. The molecule has 0 aromatic carbocycles. The average Bonchev–Trinajstić information content (AvgIpc) is 1.87. The Labute approximate surface area is 61.9 Å². The molecule has 0 aliphatic carbocycles. The first kappa shape index (κ1) is 9.58. The van der Waals surface area contributed by atoms with E-state index in [1.807, 2.05) is 0 Å². The fraction of sp³-hybridized carbons (Fsp3) is 0.800. The number of hydrogen-bond acceptors (Lipinski definition) is 3. The molecular formula is C5H11NO3S. The fourth-order valence-electron chi connectivity index (χ4n) is 0.410. The molecule has 0 fully saturated rings. The lowest BCUT2D eigenvalue weighted by Gasteiger charge is -2.06. The summed E-state index contributed by atoms with van der Waals surface area (Å²) in [6, 6.07) is -0.846. The van der Waals surface area contributed by atoms with E-state index in [0.717, 1.165) is 0 Å². The van der Waals surface area contributed by atoms with Crippen LogP contribution in [0.25, 0.3) is 0 Å². The van der Waals surface area contributed by atoms with Crippen molar-refractivity contribution in [3.63, 3.8) is 0 Å². The van der Waals surface area contributed by atoms with Crippen LogP contribution in [0.2, 0.25) is 0 Å². The van der Waals surface area contributed by atoms with Crippen molar-refractivity contribution >= 4 is 16.8 Å². The second kappa shape index (κ2) is 4.40. The quantitative estimate of drug-likeness (QED) is 0.485. The van der Waals surface area contributed by atoms with E-state index >= 15 is 0 Å². The molecule has 0 saturated heterocycles. The normalized spacial score (nSPS) is 16.2. The lowest BCUT2D eigenvalue weighted by molar-refractivity contribution is -0.431. The van der Waals surface area contributed by atoms with Crippen molar-refractivity contribution in [2.75, 3.05) is 11.5 Å². The average molecular weight is 165 g/mol. The van der Waals surface area contributed by atoms with Gasteiger partial charge in [-0.15, -0.1) is 0 Å². The third-order valence-electron chi connectivity index (χ3n) is 1.04. The highest BCUT2D eigenvalue weighted by Gasteiger charge is 2.09. The SMILES string of the molecule is CCS(=O)CC([NH3+])C(=O)[O-]. The maximum absolute atomic E-state index is 10.7. The van der Waals surface area contributed by atoms with Crippen molar-refractivity contribution < 1.29 is 19.8 Å². The van der Waals surface area contributed by atoms with Crippen LogP contribution in [0.5, 0.6) is 0 Å². The van der Waals surface area contributed by atoms with Gasteiger partial charge < -0.3 is 15.6 Å². The molecule has 0 heterocycles. The number of carboxylic acids is 1. The van der Waals surface area contributed by atoms with E-state index < -0.39 is 22.8 Å². The molecule has 2 unspecified atom stereocenters. The third-order valence-corrected chi connectivity index (χ3v) is 2.46. The summed E-state index contributed by atoms with van der Waals surface area (Å²) in [5, 5.41) is 10.0. The van der Waals surface area contributed by atoms with Gasteiger partial charge in [-0.2, -0.15) is 0 Å². The van der Waals surface area contributed by atoms with E-state index in [0.29, 0.717) is 5.75 Å². The molecule has 60 valence electrons.